The zero-order valence-corrected chi connectivity index (χ0v) is 9.48. The maximum Gasteiger partial charge on any atom is 0.335 e. The van der Waals surface area contributed by atoms with E-state index >= 15 is 0 Å². The summed E-state index contributed by atoms with van der Waals surface area (Å²) in [5.41, 5.74) is 1.26. The molecule has 0 spiro atoms. The maximum absolute atomic E-state index is 11.4. The van der Waals surface area contributed by atoms with Crippen molar-refractivity contribution in [2.24, 2.45) is 0 Å². The van der Waals surface area contributed by atoms with Crippen LogP contribution in [-0.2, 0) is 11.2 Å². The number of carbonyl (C=O) groups excluding carboxylic acids is 1. The fraction of sp³-hybridized carbons (Fsp3) is 0.385. The van der Waals surface area contributed by atoms with Crippen molar-refractivity contribution in [1.82, 2.24) is 5.32 Å². The van der Waals surface area contributed by atoms with Gasteiger partial charge in [0.1, 0.15) is 0 Å². The summed E-state index contributed by atoms with van der Waals surface area (Å²) in [5, 5.41) is 11.7. The number of carboxylic acids is 1. The predicted octanol–water partition coefficient (Wildman–Crippen LogP) is 1.60. The molecule has 4 heteroatoms. The quantitative estimate of drug-likeness (QED) is 0.811. The summed E-state index contributed by atoms with van der Waals surface area (Å²) in [4.78, 5) is 22.1. The Hall–Kier alpha value is -1.84. The van der Waals surface area contributed by atoms with Crippen molar-refractivity contribution < 1.29 is 14.7 Å². The second kappa shape index (κ2) is 4.99. The van der Waals surface area contributed by atoms with Crippen LogP contribution in [0.3, 0.4) is 0 Å². The number of carbonyl (C=O) groups is 2. The number of amides is 1. The molecule has 0 atom stereocenters. The van der Waals surface area contributed by atoms with Crippen molar-refractivity contribution in [2.75, 3.05) is 0 Å². The standard InChI is InChI=1S/C13H15NO3/c15-12(14-11-6-7-11)8-3-9-1-4-10(5-2-9)13(16)17/h1-2,4-5,11H,3,6-8H2,(H,14,15)(H,16,17). The molecule has 1 aromatic rings. The second-order valence-corrected chi connectivity index (χ2v) is 4.34. The summed E-state index contributed by atoms with van der Waals surface area (Å²) in [6.45, 7) is 0. The molecule has 0 bridgehead atoms. The Bertz CT molecular complexity index is 421. The summed E-state index contributed by atoms with van der Waals surface area (Å²) >= 11 is 0. The van der Waals surface area contributed by atoms with Crippen LogP contribution < -0.4 is 5.32 Å². The Morgan fingerprint density at radius 2 is 1.88 bits per heavy atom. The number of carboxylic acid groups (broad SMARTS) is 1. The fourth-order valence-electron chi connectivity index (χ4n) is 1.60. The largest absolute Gasteiger partial charge is 0.478 e. The van der Waals surface area contributed by atoms with Gasteiger partial charge in [-0.1, -0.05) is 12.1 Å². The van der Waals surface area contributed by atoms with E-state index in [1.807, 2.05) is 0 Å². The lowest BCUT2D eigenvalue weighted by Gasteiger charge is -2.03. The van der Waals surface area contributed by atoms with E-state index in [9.17, 15) is 9.59 Å². The zero-order valence-electron chi connectivity index (χ0n) is 9.48. The summed E-state index contributed by atoms with van der Waals surface area (Å²) in [6, 6.07) is 7.05. The Balaban J connectivity index is 1.81. The minimum Gasteiger partial charge on any atom is -0.478 e. The lowest BCUT2D eigenvalue weighted by Crippen LogP contribution is -2.25. The number of hydrogen-bond acceptors (Lipinski definition) is 2. The Morgan fingerprint density at radius 1 is 1.24 bits per heavy atom. The van der Waals surface area contributed by atoms with Gasteiger partial charge in [-0.05, 0) is 37.0 Å². The van der Waals surface area contributed by atoms with E-state index in [4.69, 9.17) is 5.11 Å². The molecule has 1 fully saturated rings. The third kappa shape index (κ3) is 3.59. The number of benzene rings is 1. The monoisotopic (exact) mass is 233 g/mol. The van der Waals surface area contributed by atoms with E-state index in [0.717, 1.165) is 18.4 Å². The molecule has 1 amide bonds. The number of aryl methyl sites for hydroxylation is 1. The first-order chi connectivity index (χ1) is 8.15. The zero-order chi connectivity index (χ0) is 12.3. The van der Waals surface area contributed by atoms with E-state index in [-0.39, 0.29) is 11.5 Å². The Labute approximate surface area is 99.6 Å². The van der Waals surface area contributed by atoms with Gasteiger partial charge in [-0.2, -0.15) is 0 Å². The molecule has 1 aliphatic rings. The smallest absolute Gasteiger partial charge is 0.335 e. The SMILES string of the molecule is O=C(CCc1ccc(C(=O)O)cc1)NC1CC1. The highest BCUT2D eigenvalue weighted by atomic mass is 16.4. The van der Waals surface area contributed by atoms with Gasteiger partial charge in [-0.15, -0.1) is 0 Å². The number of hydrogen-bond donors (Lipinski definition) is 2. The number of nitrogens with one attached hydrogen (secondary N) is 1. The van der Waals surface area contributed by atoms with Crippen molar-refractivity contribution in [3.63, 3.8) is 0 Å². The van der Waals surface area contributed by atoms with Gasteiger partial charge >= 0.3 is 5.97 Å². The molecule has 0 unspecified atom stereocenters. The molecular weight excluding hydrogens is 218 g/mol. The molecule has 2 rings (SSSR count). The molecule has 0 radical (unpaired) electrons. The van der Waals surface area contributed by atoms with Gasteiger partial charge in [-0.25, -0.2) is 4.79 Å². The lowest BCUT2D eigenvalue weighted by molar-refractivity contribution is -0.121. The van der Waals surface area contributed by atoms with Crippen LogP contribution in [0.2, 0.25) is 0 Å². The van der Waals surface area contributed by atoms with Gasteiger partial charge in [0.25, 0.3) is 0 Å². The number of rotatable bonds is 5. The third-order valence-corrected chi connectivity index (χ3v) is 2.78. The van der Waals surface area contributed by atoms with Crippen LogP contribution in [0.15, 0.2) is 24.3 Å². The van der Waals surface area contributed by atoms with Gasteiger partial charge in [0.05, 0.1) is 5.56 Å². The fourth-order valence-corrected chi connectivity index (χ4v) is 1.60. The molecule has 0 saturated heterocycles. The minimum atomic E-state index is -0.928. The summed E-state index contributed by atoms with van der Waals surface area (Å²) in [5.74, 6) is -0.849. The van der Waals surface area contributed by atoms with Crippen molar-refractivity contribution in [3.8, 4) is 0 Å². The van der Waals surface area contributed by atoms with E-state index < -0.39 is 5.97 Å². The van der Waals surface area contributed by atoms with Crippen molar-refractivity contribution in [2.45, 2.75) is 31.7 Å². The van der Waals surface area contributed by atoms with E-state index in [1.54, 1.807) is 24.3 Å². The molecule has 0 heterocycles. The molecule has 1 saturated carbocycles. The first kappa shape index (κ1) is 11.6. The van der Waals surface area contributed by atoms with Crippen LogP contribution in [0.1, 0.15) is 35.2 Å². The maximum atomic E-state index is 11.4. The highest BCUT2D eigenvalue weighted by molar-refractivity contribution is 5.87. The van der Waals surface area contributed by atoms with Crippen molar-refractivity contribution in [3.05, 3.63) is 35.4 Å². The van der Waals surface area contributed by atoms with Crippen molar-refractivity contribution >= 4 is 11.9 Å². The van der Waals surface area contributed by atoms with Crippen molar-refractivity contribution in [1.29, 1.82) is 0 Å². The number of aromatic carboxylic acids is 1. The lowest BCUT2D eigenvalue weighted by atomic mass is 10.1. The first-order valence-corrected chi connectivity index (χ1v) is 5.77. The summed E-state index contributed by atoms with van der Waals surface area (Å²) in [7, 11) is 0. The Kier molecular flexibility index (Phi) is 3.42. The van der Waals surface area contributed by atoms with Crippen LogP contribution in [-0.4, -0.2) is 23.0 Å². The van der Waals surface area contributed by atoms with Gasteiger partial charge < -0.3 is 10.4 Å². The molecule has 0 aliphatic heterocycles. The topological polar surface area (TPSA) is 66.4 Å². The molecule has 2 N–H and O–H groups in total. The molecule has 1 aliphatic carbocycles. The molecule has 4 nitrogen and oxygen atoms in total. The van der Waals surface area contributed by atoms with E-state index in [1.165, 1.54) is 0 Å². The highest BCUT2D eigenvalue weighted by Crippen LogP contribution is 2.18. The van der Waals surface area contributed by atoms with Gasteiger partial charge in [0.15, 0.2) is 0 Å². The van der Waals surface area contributed by atoms with E-state index in [2.05, 4.69) is 5.32 Å². The summed E-state index contributed by atoms with van der Waals surface area (Å²) < 4.78 is 0. The molecule has 17 heavy (non-hydrogen) atoms. The normalized spacial score (nSPS) is 14.4. The van der Waals surface area contributed by atoms with Crippen LogP contribution in [0.5, 0.6) is 0 Å². The van der Waals surface area contributed by atoms with Crippen LogP contribution in [0.4, 0.5) is 0 Å². The highest BCUT2D eigenvalue weighted by Gasteiger charge is 2.22. The van der Waals surface area contributed by atoms with E-state index in [0.29, 0.717) is 18.9 Å². The van der Waals surface area contributed by atoms with Crippen LogP contribution >= 0.6 is 0 Å². The molecule has 1 aromatic carbocycles. The van der Waals surface area contributed by atoms with Crippen LogP contribution in [0.25, 0.3) is 0 Å². The minimum absolute atomic E-state index is 0.0785. The average molecular weight is 233 g/mol. The molecular formula is C13H15NO3. The van der Waals surface area contributed by atoms with Crippen LogP contribution in [0, 0.1) is 0 Å². The van der Waals surface area contributed by atoms with Gasteiger partial charge in [0, 0.05) is 12.5 Å². The van der Waals surface area contributed by atoms with Gasteiger partial charge in [-0.3, -0.25) is 4.79 Å². The Morgan fingerprint density at radius 3 is 2.41 bits per heavy atom. The van der Waals surface area contributed by atoms with Gasteiger partial charge in [0.2, 0.25) is 5.91 Å². The third-order valence-electron chi connectivity index (χ3n) is 2.78. The second-order valence-electron chi connectivity index (χ2n) is 4.34. The predicted molar refractivity (Wildman–Crippen MR) is 62.9 cm³/mol. The first-order valence-electron chi connectivity index (χ1n) is 5.77. The molecule has 0 aromatic heterocycles. The summed E-state index contributed by atoms with van der Waals surface area (Å²) in [6.07, 6.45) is 3.31. The molecule has 90 valence electrons. The average Bonchev–Trinajstić information content (AvgIpc) is 3.11.